The minimum absolute atomic E-state index is 0.0478. The molecule has 0 N–H and O–H groups in total. The molecule has 1 aliphatic carbocycles. The zero-order valence-corrected chi connectivity index (χ0v) is 9.61. The van der Waals surface area contributed by atoms with Crippen LogP contribution in [0.1, 0.15) is 13.3 Å². The van der Waals surface area contributed by atoms with Gasteiger partial charge in [0, 0.05) is 19.5 Å². The number of halogens is 1. The molecule has 0 heterocycles. The first-order chi connectivity index (χ1) is 5.97. The fraction of sp³-hybridized carbons (Fsp3) is 1.00. The van der Waals surface area contributed by atoms with Crippen molar-refractivity contribution in [1.82, 2.24) is 4.31 Å². The van der Waals surface area contributed by atoms with Gasteiger partial charge in [-0.15, -0.1) is 11.6 Å². The largest absolute Gasteiger partial charge is 0.215 e. The molecule has 1 fully saturated rings. The lowest BCUT2D eigenvalue weighted by Gasteiger charge is -2.15. The van der Waals surface area contributed by atoms with E-state index >= 15 is 0 Å². The van der Waals surface area contributed by atoms with E-state index in [1.807, 2.05) is 0 Å². The van der Waals surface area contributed by atoms with Crippen molar-refractivity contribution < 1.29 is 8.42 Å². The highest BCUT2D eigenvalue weighted by atomic mass is 35.5. The van der Waals surface area contributed by atoms with E-state index in [1.54, 1.807) is 7.05 Å². The van der Waals surface area contributed by atoms with E-state index in [9.17, 15) is 8.42 Å². The smallest absolute Gasteiger partial charge is 0.212 e. The first-order valence-electron chi connectivity index (χ1n) is 4.47. The van der Waals surface area contributed by atoms with Gasteiger partial charge in [-0.2, -0.15) is 0 Å². The fourth-order valence-corrected chi connectivity index (χ4v) is 2.86. The van der Waals surface area contributed by atoms with Crippen LogP contribution in [0.5, 0.6) is 0 Å². The van der Waals surface area contributed by atoms with Crippen LogP contribution < -0.4 is 0 Å². The Labute approximate surface area is 85.1 Å². The second-order valence-corrected chi connectivity index (χ2v) is 6.33. The molecule has 0 spiro atoms. The van der Waals surface area contributed by atoms with E-state index < -0.39 is 10.0 Å². The van der Waals surface area contributed by atoms with Crippen LogP contribution in [0.15, 0.2) is 0 Å². The van der Waals surface area contributed by atoms with Crippen LogP contribution >= 0.6 is 11.6 Å². The van der Waals surface area contributed by atoms with E-state index in [2.05, 4.69) is 6.92 Å². The summed E-state index contributed by atoms with van der Waals surface area (Å²) < 4.78 is 24.3. The van der Waals surface area contributed by atoms with E-state index in [0.717, 1.165) is 6.42 Å². The van der Waals surface area contributed by atoms with Gasteiger partial charge in [0.05, 0.1) is 5.75 Å². The predicted octanol–water partition coefficient (Wildman–Crippen LogP) is 1.14. The number of rotatable bonds is 5. The third-order valence-electron chi connectivity index (χ3n) is 2.58. The van der Waals surface area contributed by atoms with Gasteiger partial charge in [0.2, 0.25) is 10.0 Å². The number of sulfonamides is 1. The second kappa shape index (κ2) is 4.15. The molecule has 0 saturated heterocycles. The molecule has 1 saturated carbocycles. The van der Waals surface area contributed by atoms with Crippen molar-refractivity contribution in [2.24, 2.45) is 11.8 Å². The van der Waals surface area contributed by atoms with E-state index in [0.29, 0.717) is 18.4 Å². The molecule has 1 aliphatic rings. The average molecular weight is 226 g/mol. The van der Waals surface area contributed by atoms with Gasteiger partial charge in [-0.1, -0.05) is 6.92 Å². The summed E-state index contributed by atoms with van der Waals surface area (Å²) >= 11 is 5.41. The van der Waals surface area contributed by atoms with Gasteiger partial charge in [-0.05, 0) is 18.3 Å². The van der Waals surface area contributed by atoms with Gasteiger partial charge in [0.1, 0.15) is 0 Å². The van der Waals surface area contributed by atoms with Gasteiger partial charge < -0.3 is 0 Å². The van der Waals surface area contributed by atoms with Crippen molar-refractivity contribution in [2.45, 2.75) is 13.3 Å². The highest BCUT2D eigenvalue weighted by molar-refractivity contribution is 7.89. The van der Waals surface area contributed by atoms with Gasteiger partial charge in [-0.25, -0.2) is 12.7 Å². The van der Waals surface area contributed by atoms with Crippen molar-refractivity contribution in [2.75, 3.05) is 25.2 Å². The first kappa shape index (κ1) is 11.3. The van der Waals surface area contributed by atoms with Crippen molar-refractivity contribution in [1.29, 1.82) is 0 Å². The summed E-state index contributed by atoms with van der Waals surface area (Å²) in [4.78, 5) is 0. The Kier molecular flexibility index (Phi) is 3.60. The van der Waals surface area contributed by atoms with E-state index in [4.69, 9.17) is 11.6 Å². The van der Waals surface area contributed by atoms with Crippen LogP contribution in [0.4, 0.5) is 0 Å². The van der Waals surface area contributed by atoms with Crippen LogP contribution in [0, 0.1) is 11.8 Å². The first-order valence-corrected chi connectivity index (χ1v) is 6.61. The summed E-state index contributed by atoms with van der Waals surface area (Å²) in [5, 5.41) is 0. The number of hydrogen-bond acceptors (Lipinski definition) is 2. The van der Waals surface area contributed by atoms with Crippen molar-refractivity contribution in [3.05, 3.63) is 0 Å². The van der Waals surface area contributed by atoms with Gasteiger partial charge in [0.25, 0.3) is 0 Å². The summed E-state index contributed by atoms with van der Waals surface area (Å²) in [5.41, 5.74) is 0. The molecule has 2 atom stereocenters. The van der Waals surface area contributed by atoms with Crippen LogP contribution in [0.3, 0.4) is 0 Å². The Morgan fingerprint density at radius 1 is 1.54 bits per heavy atom. The minimum Gasteiger partial charge on any atom is -0.212 e. The second-order valence-electron chi connectivity index (χ2n) is 3.76. The summed E-state index contributed by atoms with van der Waals surface area (Å²) in [7, 11) is -1.46. The molecule has 0 aromatic carbocycles. The van der Waals surface area contributed by atoms with E-state index in [1.165, 1.54) is 4.31 Å². The molecule has 13 heavy (non-hydrogen) atoms. The van der Waals surface area contributed by atoms with E-state index in [-0.39, 0.29) is 11.6 Å². The zero-order chi connectivity index (χ0) is 10.1. The molecule has 0 aromatic rings. The normalized spacial score (nSPS) is 28.0. The zero-order valence-electron chi connectivity index (χ0n) is 8.03. The molecule has 1 rings (SSSR count). The molecule has 2 unspecified atom stereocenters. The summed E-state index contributed by atoms with van der Waals surface area (Å²) in [6.45, 7) is 2.80. The Bertz CT molecular complexity index is 265. The molecule has 0 radical (unpaired) electrons. The maximum Gasteiger partial charge on any atom is 0.215 e. The maximum atomic E-state index is 11.4. The molecule has 0 bridgehead atoms. The standard InChI is InChI=1S/C8H16ClNO2S/c1-7-5-8(7)6-10(2)13(11,12)4-3-9/h7-8H,3-6H2,1-2H3. The lowest BCUT2D eigenvalue weighted by molar-refractivity contribution is 0.446. The fourth-order valence-electron chi connectivity index (χ4n) is 1.35. The quantitative estimate of drug-likeness (QED) is 0.659. The molecular weight excluding hydrogens is 210 g/mol. The highest BCUT2D eigenvalue weighted by Gasteiger charge is 2.35. The SMILES string of the molecule is CC1CC1CN(C)S(=O)(=O)CCCl. The van der Waals surface area contributed by atoms with Crippen LogP contribution in [-0.2, 0) is 10.0 Å². The number of alkyl halides is 1. The summed E-state index contributed by atoms with van der Waals surface area (Å²) in [6.07, 6.45) is 1.15. The Hall–Kier alpha value is 0.200. The molecule has 0 aromatic heterocycles. The Morgan fingerprint density at radius 2 is 2.08 bits per heavy atom. The monoisotopic (exact) mass is 225 g/mol. The highest BCUT2D eigenvalue weighted by Crippen LogP contribution is 2.38. The van der Waals surface area contributed by atoms with Gasteiger partial charge in [0.15, 0.2) is 0 Å². The van der Waals surface area contributed by atoms with Gasteiger partial charge in [-0.3, -0.25) is 0 Å². The topological polar surface area (TPSA) is 37.4 Å². The molecule has 3 nitrogen and oxygen atoms in total. The molecule has 5 heteroatoms. The maximum absolute atomic E-state index is 11.4. The summed E-state index contributed by atoms with van der Waals surface area (Å²) in [6, 6.07) is 0. The lowest BCUT2D eigenvalue weighted by atomic mass is 10.3. The number of nitrogens with zero attached hydrogens (tertiary/aromatic N) is 1. The Morgan fingerprint density at radius 3 is 2.46 bits per heavy atom. The number of hydrogen-bond donors (Lipinski definition) is 0. The Balaban J connectivity index is 2.42. The van der Waals surface area contributed by atoms with Crippen LogP contribution in [-0.4, -0.2) is 37.9 Å². The summed E-state index contributed by atoms with van der Waals surface area (Å²) in [5.74, 6) is 1.47. The molecule has 0 aliphatic heterocycles. The molecule has 78 valence electrons. The van der Waals surface area contributed by atoms with Crippen LogP contribution in [0.2, 0.25) is 0 Å². The lowest BCUT2D eigenvalue weighted by Crippen LogP contribution is -2.31. The predicted molar refractivity (Wildman–Crippen MR) is 54.4 cm³/mol. The van der Waals surface area contributed by atoms with Gasteiger partial charge >= 0.3 is 0 Å². The molecular formula is C8H16ClNO2S. The van der Waals surface area contributed by atoms with Crippen molar-refractivity contribution in [3.8, 4) is 0 Å². The third kappa shape index (κ3) is 3.11. The van der Waals surface area contributed by atoms with Crippen molar-refractivity contribution in [3.63, 3.8) is 0 Å². The molecule has 0 amide bonds. The van der Waals surface area contributed by atoms with Crippen LogP contribution in [0.25, 0.3) is 0 Å². The average Bonchev–Trinajstić information content (AvgIpc) is 2.66. The van der Waals surface area contributed by atoms with Crippen molar-refractivity contribution >= 4 is 21.6 Å². The minimum atomic E-state index is -3.09. The third-order valence-corrected chi connectivity index (χ3v) is 4.81.